The van der Waals surface area contributed by atoms with E-state index in [0.29, 0.717) is 35.5 Å². The van der Waals surface area contributed by atoms with Gasteiger partial charge in [-0.3, -0.25) is 4.79 Å². The topological polar surface area (TPSA) is 29.1 Å². The highest BCUT2D eigenvalue weighted by molar-refractivity contribution is 6.35. The molecule has 0 heterocycles. The van der Waals surface area contributed by atoms with Crippen LogP contribution >= 0.6 is 23.2 Å². The predicted octanol–water partition coefficient (Wildman–Crippen LogP) is 3.49. The summed E-state index contributed by atoms with van der Waals surface area (Å²) in [6.07, 6.45) is 1.16. The lowest BCUT2D eigenvalue weighted by Gasteiger charge is -2.07. The fourth-order valence-electron chi connectivity index (χ4n) is 1.40. The van der Waals surface area contributed by atoms with Crippen LogP contribution in [0.25, 0.3) is 0 Å². The van der Waals surface area contributed by atoms with Gasteiger partial charge >= 0.3 is 0 Å². The highest BCUT2D eigenvalue weighted by Gasteiger charge is 2.06. The summed E-state index contributed by atoms with van der Waals surface area (Å²) in [4.78, 5) is 11.6. The lowest BCUT2D eigenvalue weighted by molar-refractivity contribution is -0.118. The Bertz CT molecular complexity index is 391. The third-order valence-corrected chi connectivity index (χ3v) is 2.98. The largest absolute Gasteiger partial charge is 0.308 e. The Kier molecular flexibility index (Phi) is 5.96. The molecule has 0 atom stereocenters. The van der Waals surface area contributed by atoms with E-state index in [9.17, 15) is 4.79 Å². The van der Waals surface area contributed by atoms with Gasteiger partial charge in [0.2, 0.25) is 0 Å². The lowest BCUT2D eigenvalue weighted by atomic mass is 10.1. The molecule has 0 aliphatic carbocycles. The van der Waals surface area contributed by atoms with E-state index in [1.807, 2.05) is 19.9 Å². The Morgan fingerprint density at radius 3 is 2.65 bits per heavy atom. The van der Waals surface area contributed by atoms with Crippen LogP contribution in [0.5, 0.6) is 0 Å². The van der Waals surface area contributed by atoms with E-state index in [1.54, 1.807) is 12.1 Å². The summed E-state index contributed by atoms with van der Waals surface area (Å²) in [6.45, 7) is 4.45. The first kappa shape index (κ1) is 14.5. The van der Waals surface area contributed by atoms with Gasteiger partial charge in [-0.05, 0) is 24.1 Å². The summed E-state index contributed by atoms with van der Waals surface area (Å²) in [6, 6.07) is 5.70. The van der Waals surface area contributed by atoms with Gasteiger partial charge in [0.05, 0.1) is 6.54 Å². The number of ketones is 1. The van der Waals surface area contributed by atoms with Gasteiger partial charge in [0.1, 0.15) is 5.78 Å². The van der Waals surface area contributed by atoms with Gasteiger partial charge in [0.25, 0.3) is 0 Å². The number of nitrogens with one attached hydrogen (secondary N) is 1. The van der Waals surface area contributed by atoms with Crippen LogP contribution in [0.2, 0.25) is 10.0 Å². The number of hydrogen-bond acceptors (Lipinski definition) is 2. The number of aryl methyl sites for hydroxylation is 1. The normalized spacial score (nSPS) is 10.9. The molecule has 0 spiro atoms. The number of benzene rings is 1. The molecule has 0 unspecified atom stereocenters. The molecule has 0 amide bonds. The first-order valence-corrected chi connectivity index (χ1v) is 6.43. The Morgan fingerprint density at radius 2 is 2.06 bits per heavy atom. The van der Waals surface area contributed by atoms with Crippen molar-refractivity contribution in [3.63, 3.8) is 0 Å². The Hall–Kier alpha value is -0.570. The van der Waals surface area contributed by atoms with Crippen LogP contribution in [-0.4, -0.2) is 18.4 Å². The molecule has 1 aromatic rings. The molecule has 1 N–H and O–H groups in total. The summed E-state index contributed by atoms with van der Waals surface area (Å²) in [5.41, 5.74) is 0.967. The van der Waals surface area contributed by atoms with Gasteiger partial charge in [0, 0.05) is 22.5 Å². The summed E-state index contributed by atoms with van der Waals surface area (Å²) in [5, 5.41) is 4.35. The molecule has 17 heavy (non-hydrogen) atoms. The molecule has 0 aliphatic rings. The maximum Gasteiger partial charge on any atom is 0.146 e. The van der Waals surface area contributed by atoms with Crippen molar-refractivity contribution in [1.82, 2.24) is 5.32 Å². The van der Waals surface area contributed by atoms with Crippen LogP contribution in [0, 0.1) is 0 Å². The van der Waals surface area contributed by atoms with E-state index in [4.69, 9.17) is 23.2 Å². The summed E-state index contributed by atoms with van der Waals surface area (Å²) in [5.74, 6) is 0.199. The second kappa shape index (κ2) is 7.00. The van der Waals surface area contributed by atoms with Crippen molar-refractivity contribution in [2.75, 3.05) is 6.54 Å². The van der Waals surface area contributed by atoms with Gasteiger partial charge in [-0.25, -0.2) is 0 Å². The standard InChI is InChI=1S/C13H17Cl2NO/c1-9(2)16-8-12(17)6-4-10-3-5-11(14)7-13(10)15/h3,5,7,9,16H,4,6,8H2,1-2H3. The van der Waals surface area contributed by atoms with E-state index in [2.05, 4.69) is 5.32 Å². The molecular formula is C13H17Cl2NO. The molecule has 0 aliphatic heterocycles. The van der Waals surface area contributed by atoms with E-state index < -0.39 is 0 Å². The van der Waals surface area contributed by atoms with Crippen molar-refractivity contribution >= 4 is 29.0 Å². The van der Waals surface area contributed by atoms with E-state index >= 15 is 0 Å². The zero-order valence-electron chi connectivity index (χ0n) is 10.1. The highest BCUT2D eigenvalue weighted by Crippen LogP contribution is 2.21. The third-order valence-electron chi connectivity index (χ3n) is 2.40. The molecule has 0 aromatic heterocycles. The maximum absolute atomic E-state index is 11.6. The maximum atomic E-state index is 11.6. The number of carbonyl (C=O) groups excluding carboxylic acids is 1. The van der Waals surface area contributed by atoms with Crippen molar-refractivity contribution < 1.29 is 4.79 Å². The average Bonchev–Trinajstić information content (AvgIpc) is 2.25. The molecule has 94 valence electrons. The van der Waals surface area contributed by atoms with Gasteiger partial charge in [0.15, 0.2) is 0 Å². The predicted molar refractivity (Wildman–Crippen MR) is 72.9 cm³/mol. The molecule has 2 nitrogen and oxygen atoms in total. The van der Waals surface area contributed by atoms with Crippen LogP contribution in [-0.2, 0) is 11.2 Å². The molecule has 1 rings (SSSR count). The van der Waals surface area contributed by atoms with Crippen LogP contribution in [0.15, 0.2) is 18.2 Å². The van der Waals surface area contributed by atoms with Crippen molar-refractivity contribution in [3.05, 3.63) is 33.8 Å². The SMILES string of the molecule is CC(C)NCC(=O)CCc1ccc(Cl)cc1Cl. The number of Topliss-reactive ketones (excluding diaryl/α,β-unsaturated/α-hetero) is 1. The van der Waals surface area contributed by atoms with Crippen molar-refractivity contribution in [2.45, 2.75) is 32.7 Å². The Labute approximate surface area is 112 Å². The minimum absolute atomic E-state index is 0.199. The number of halogens is 2. The second-order valence-electron chi connectivity index (χ2n) is 4.31. The molecule has 0 saturated carbocycles. The Balaban J connectivity index is 2.42. The first-order chi connectivity index (χ1) is 7.99. The summed E-state index contributed by atoms with van der Waals surface area (Å²) in [7, 11) is 0. The minimum Gasteiger partial charge on any atom is -0.308 e. The Morgan fingerprint density at radius 1 is 1.35 bits per heavy atom. The molecular weight excluding hydrogens is 257 g/mol. The third kappa shape index (κ3) is 5.53. The molecule has 0 fully saturated rings. The monoisotopic (exact) mass is 273 g/mol. The van der Waals surface area contributed by atoms with Gasteiger partial charge in [-0.15, -0.1) is 0 Å². The number of rotatable bonds is 6. The summed E-state index contributed by atoms with van der Waals surface area (Å²) >= 11 is 11.8. The quantitative estimate of drug-likeness (QED) is 0.860. The number of hydrogen-bond donors (Lipinski definition) is 1. The molecule has 0 saturated heterocycles. The van der Waals surface area contributed by atoms with Crippen LogP contribution in [0.1, 0.15) is 25.8 Å². The molecule has 0 radical (unpaired) electrons. The zero-order valence-corrected chi connectivity index (χ0v) is 11.6. The number of carbonyl (C=O) groups is 1. The van der Waals surface area contributed by atoms with Gasteiger partial charge < -0.3 is 5.32 Å². The fraction of sp³-hybridized carbons (Fsp3) is 0.462. The van der Waals surface area contributed by atoms with E-state index in [-0.39, 0.29) is 5.78 Å². The van der Waals surface area contributed by atoms with E-state index in [0.717, 1.165) is 5.56 Å². The first-order valence-electron chi connectivity index (χ1n) is 5.68. The second-order valence-corrected chi connectivity index (χ2v) is 5.15. The average molecular weight is 274 g/mol. The smallest absolute Gasteiger partial charge is 0.146 e. The lowest BCUT2D eigenvalue weighted by Crippen LogP contribution is -2.29. The fourth-order valence-corrected chi connectivity index (χ4v) is 1.91. The van der Waals surface area contributed by atoms with Crippen LogP contribution in [0.4, 0.5) is 0 Å². The molecule has 4 heteroatoms. The van der Waals surface area contributed by atoms with Crippen molar-refractivity contribution in [3.8, 4) is 0 Å². The van der Waals surface area contributed by atoms with Gasteiger partial charge in [-0.2, -0.15) is 0 Å². The van der Waals surface area contributed by atoms with E-state index in [1.165, 1.54) is 0 Å². The minimum atomic E-state index is 0.199. The summed E-state index contributed by atoms with van der Waals surface area (Å²) < 4.78 is 0. The molecule has 1 aromatic carbocycles. The zero-order chi connectivity index (χ0) is 12.8. The van der Waals surface area contributed by atoms with Crippen molar-refractivity contribution in [1.29, 1.82) is 0 Å². The van der Waals surface area contributed by atoms with Crippen LogP contribution in [0.3, 0.4) is 0 Å². The highest BCUT2D eigenvalue weighted by atomic mass is 35.5. The van der Waals surface area contributed by atoms with Gasteiger partial charge in [-0.1, -0.05) is 43.1 Å². The van der Waals surface area contributed by atoms with Crippen molar-refractivity contribution in [2.24, 2.45) is 0 Å². The van der Waals surface area contributed by atoms with Crippen LogP contribution < -0.4 is 5.32 Å². The molecule has 0 bridgehead atoms.